The lowest BCUT2D eigenvalue weighted by Gasteiger charge is -2.33. The Morgan fingerprint density at radius 1 is 0.913 bits per heavy atom. The summed E-state index contributed by atoms with van der Waals surface area (Å²) in [5.41, 5.74) is 10.4. The number of benzene rings is 2. The Morgan fingerprint density at radius 3 is 2.36 bits per heavy atom. The van der Waals surface area contributed by atoms with E-state index >= 15 is 0 Å². The number of aldehydes is 1. The minimum atomic E-state index is -0.558. The second-order valence-electron chi connectivity index (χ2n) is 18.3. The largest absolute Gasteiger partial charge is 0.457 e. The highest BCUT2D eigenvalue weighted by atomic mass is 16.5. The number of nitrogen functional groups attached to an aromatic ring is 1. The SMILES string of the molecule is CC1CC=C(NCC(=O)NCCOCCOCCN2CCN(C)CC2)C(C=O)=C1C(=O)N(C)C1CCCNC1=O.Nc1ncnc2c1c(-c1ccc(Oc3ccccc3)cc1)cn2C1CCCCC1. The molecular weight excluding hydrogens is 877 g/mol. The van der Waals surface area contributed by atoms with Crippen molar-refractivity contribution in [3.63, 3.8) is 0 Å². The van der Waals surface area contributed by atoms with Crippen molar-refractivity contribution in [1.29, 1.82) is 0 Å². The van der Waals surface area contributed by atoms with Crippen LogP contribution in [0, 0.1) is 5.92 Å². The van der Waals surface area contributed by atoms with E-state index in [0.717, 1.165) is 72.8 Å². The van der Waals surface area contributed by atoms with Gasteiger partial charge in [-0.3, -0.25) is 24.1 Å². The molecule has 4 aromatic rings. The maximum absolute atomic E-state index is 13.3. The zero-order valence-electron chi connectivity index (χ0n) is 40.5. The van der Waals surface area contributed by atoms with Crippen LogP contribution in [0.2, 0.25) is 0 Å². The number of carbonyl (C=O) groups is 4. The number of amides is 3. The molecule has 2 atom stereocenters. The number of para-hydroxylation sites is 1. The lowest BCUT2D eigenvalue weighted by molar-refractivity contribution is -0.138. The van der Waals surface area contributed by atoms with E-state index in [1.165, 1.54) is 37.0 Å². The van der Waals surface area contributed by atoms with Gasteiger partial charge in [0.15, 0.2) is 6.29 Å². The van der Waals surface area contributed by atoms with Gasteiger partial charge in [-0.2, -0.15) is 0 Å². The van der Waals surface area contributed by atoms with E-state index in [1.807, 2.05) is 55.5 Å². The Balaban J connectivity index is 0.000000213. The zero-order chi connectivity index (χ0) is 48.5. The Labute approximate surface area is 405 Å². The fourth-order valence-electron chi connectivity index (χ4n) is 9.39. The minimum absolute atomic E-state index is 0.0463. The molecule has 69 heavy (non-hydrogen) atoms. The molecule has 2 aliphatic heterocycles. The Bertz CT molecular complexity index is 2390. The fourth-order valence-corrected chi connectivity index (χ4v) is 9.39. The lowest BCUT2D eigenvalue weighted by atomic mass is 9.85. The summed E-state index contributed by atoms with van der Waals surface area (Å²) in [6.07, 6.45) is 14.4. The van der Waals surface area contributed by atoms with Crippen LogP contribution in [0.3, 0.4) is 0 Å². The molecule has 2 aliphatic carbocycles. The van der Waals surface area contributed by atoms with Gasteiger partial charge in [0.25, 0.3) is 5.91 Å². The maximum atomic E-state index is 13.3. The summed E-state index contributed by atoms with van der Waals surface area (Å²) in [6.45, 7) is 10.1. The highest BCUT2D eigenvalue weighted by Gasteiger charge is 2.35. The summed E-state index contributed by atoms with van der Waals surface area (Å²) in [7, 11) is 3.74. The average molecular weight is 947 g/mol. The number of ether oxygens (including phenoxy) is 3. The molecular formula is C52H70N10O7. The topological polar surface area (TPSA) is 199 Å². The van der Waals surface area contributed by atoms with Crippen LogP contribution in [0.25, 0.3) is 22.2 Å². The summed E-state index contributed by atoms with van der Waals surface area (Å²) < 4.78 is 19.4. The van der Waals surface area contributed by atoms with Gasteiger partial charge in [0, 0.05) is 87.5 Å². The van der Waals surface area contributed by atoms with Crippen molar-refractivity contribution in [3.05, 3.63) is 90.0 Å². The molecule has 17 heteroatoms. The predicted octanol–water partition coefficient (Wildman–Crippen LogP) is 5.11. The third-order valence-corrected chi connectivity index (χ3v) is 13.4. The number of allylic oxidation sites excluding steroid dienone is 2. The van der Waals surface area contributed by atoms with Crippen LogP contribution >= 0.6 is 0 Å². The highest BCUT2D eigenvalue weighted by Crippen LogP contribution is 2.39. The first-order valence-corrected chi connectivity index (χ1v) is 24.6. The van der Waals surface area contributed by atoms with Gasteiger partial charge in [-0.15, -0.1) is 0 Å². The third-order valence-electron chi connectivity index (χ3n) is 13.4. The molecule has 2 aromatic carbocycles. The number of anilines is 1. The van der Waals surface area contributed by atoms with E-state index in [2.05, 4.69) is 65.7 Å². The molecule has 2 aromatic heterocycles. The van der Waals surface area contributed by atoms with Gasteiger partial charge in [0.2, 0.25) is 11.8 Å². The monoisotopic (exact) mass is 947 g/mol. The molecule has 5 N–H and O–H groups in total. The molecule has 2 unspecified atom stereocenters. The first-order chi connectivity index (χ1) is 33.6. The van der Waals surface area contributed by atoms with Gasteiger partial charge >= 0.3 is 0 Å². The second-order valence-corrected chi connectivity index (χ2v) is 18.3. The summed E-state index contributed by atoms with van der Waals surface area (Å²) in [4.78, 5) is 65.0. The number of carbonyl (C=O) groups excluding carboxylic acids is 4. The maximum Gasteiger partial charge on any atom is 0.251 e. The van der Waals surface area contributed by atoms with Gasteiger partial charge < -0.3 is 50.3 Å². The number of rotatable bonds is 19. The molecule has 0 spiro atoms. The van der Waals surface area contributed by atoms with E-state index < -0.39 is 6.04 Å². The predicted molar refractivity (Wildman–Crippen MR) is 266 cm³/mol. The molecule has 4 aliphatic rings. The van der Waals surface area contributed by atoms with Crippen molar-refractivity contribution in [3.8, 4) is 22.6 Å². The second kappa shape index (κ2) is 25.5. The number of hydrogen-bond donors (Lipinski definition) is 4. The number of hydrogen-bond acceptors (Lipinski definition) is 13. The minimum Gasteiger partial charge on any atom is -0.457 e. The first-order valence-electron chi connectivity index (χ1n) is 24.6. The zero-order valence-corrected chi connectivity index (χ0v) is 40.5. The number of piperidine rings is 1. The quantitative estimate of drug-likeness (QED) is 0.0716. The van der Waals surface area contributed by atoms with Crippen molar-refractivity contribution in [1.82, 2.24) is 45.2 Å². The van der Waals surface area contributed by atoms with Crippen molar-refractivity contribution in [2.24, 2.45) is 5.92 Å². The average Bonchev–Trinajstić information content (AvgIpc) is 3.77. The number of nitrogens with zero attached hydrogens (tertiary/aromatic N) is 6. The van der Waals surface area contributed by atoms with Crippen molar-refractivity contribution < 1.29 is 33.4 Å². The Hall–Kier alpha value is -6.14. The first kappa shape index (κ1) is 50.7. The van der Waals surface area contributed by atoms with Crippen molar-refractivity contribution >= 4 is 40.9 Å². The van der Waals surface area contributed by atoms with Gasteiger partial charge in [-0.25, -0.2) is 9.97 Å². The standard InChI is InChI=1S/C28H46N6O6.C24H24N4O/c1-21-6-7-23(22(20-35)26(21)28(38)33(3)24-5-4-8-30-27(24)37)31-19-25(36)29-9-15-39-17-18-40-16-14-34-12-10-32(2)11-13-34;25-23-22-21(15-28(24(22)27-16-26-23)18-7-3-1-4-8-18)17-11-13-20(14-12-17)29-19-9-5-2-6-10-19/h7,20-21,24,31H,4-6,8-19H2,1-3H3,(H,29,36)(H,30,37);2,5-6,9-16,18H,1,3-4,7-8H2,(H2,25,26,27). The van der Waals surface area contributed by atoms with E-state index in [0.29, 0.717) is 81.8 Å². The molecule has 370 valence electrons. The smallest absolute Gasteiger partial charge is 0.251 e. The van der Waals surface area contributed by atoms with Gasteiger partial charge in [-0.05, 0) is 74.9 Å². The number of nitrogens with one attached hydrogen (secondary N) is 3. The molecule has 8 rings (SSSR count). The van der Waals surface area contributed by atoms with Crippen LogP contribution in [-0.4, -0.2) is 152 Å². The highest BCUT2D eigenvalue weighted by molar-refractivity contribution is 6.04. The Kier molecular flexibility index (Phi) is 18.7. The fraction of sp³-hybridized carbons (Fsp3) is 0.500. The molecule has 1 saturated carbocycles. The molecule has 3 amide bonds. The van der Waals surface area contributed by atoms with E-state index in [-0.39, 0.29) is 35.8 Å². The van der Waals surface area contributed by atoms with Crippen LogP contribution in [0.15, 0.2) is 90.0 Å². The molecule has 4 heterocycles. The molecule has 0 bridgehead atoms. The number of likely N-dealkylation sites (N-methyl/N-ethyl adjacent to an activating group) is 2. The van der Waals surface area contributed by atoms with Crippen LogP contribution in [-0.2, 0) is 28.7 Å². The van der Waals surface area contributed by atoms with Crippen molar-refractivity contribution in [2.75, 3.05) is 98.6 Å². The molecule has 3 fully saturated rings. The van der Waals surface area contributed by atoms with Gasteiger partial charge in [-0.1, -0.05) is 62.6 Å². The normalized spacial score (nSPS) is 19.2. The van der Waals surface area contributed by atoms with E-state index in [9.17, 15) is 19.2 Å². The van der Waals surface area contributed by atoms with Crippen LogP contribution < -0.4 is 26.4 Å². The Morgan fingerprint density at radius 2 is 1.64 bits per heavy atom. The summed E-state index contributed by atoms with van der Waals surface area (Å²) in [5, 5.41) is 9.52. The van der Waals surface area contributed by atoms with Crippen LogP contribution in [0.5, 0.6) is 11.5 Å². The number of nitrogens with two attached hydrogens (primary N) is 1. The molecule has 17 nitrogen and oxygen atoms in total. The molecule has 0 radical (unpaired) electrons. The number of fused-ring (bicyclic) bond motifs is 1. The van der Waals surface area contributed by atoms with E-state index in [1.54, 1.807) is 13.4 Å². The summed E-state index contributed by atoms with van der Waals surface area (Å²) >= 11 is 0. The number of aromatic nitrogens is 3. The summed E-state index contributed by atoms with van der Waals surface area (Å²) in [5.74, 6) is 1.21. The van der Waals surface area contributed by atoms with E-state index in [4.69, 9.17) is 19.9 Å². The van der Waals surface area contributed by atoms with Crippen LogP contribution in [0.1, 0.15) is 64.3 Å². The molecule has 2 saturated heterocycles. The summed E-state index contributed by atoms with van der Waals surface area (Å²) in [6, 6.07) is 17.9. The van der Waals surface area contributed by atoms with Crippen molar-refractivity contribution in [2.45, 2.75) is 70.4 Å². The lowest BCUT2D eigenvalue weighted by Crippen LogP contribution is -2.51. The third kappa shape index (κ3) is 13.8. The number of piperazine rings is 1. The van der Waals surface area contributed by atoms with Gasteiger partial charge in [0.05, 0.1) is 38.4 Å². The van der Waals surface area contributed by atoms with Gasteiger partial charge in [0.1, 0.15) is 35.3 Å². The van der Waals surface area contributed by atoms with Crippen LogP contribution in [0.4, 0.5) is 5.82 Å².